The molecule has 0 aliphatic rings. The molecule has 140 valence electrons. The van der Waals surface area contributed by atoms with Crippen LogP contribution in [-0.2, 0) is 4.79 Å². The number of aryl methyl sites for hydroxylation is 1. The molecule has 4 nitrogen and oxygen atoms in total. The molecule has 0 aromatic heterocycles. The largest absolute Gasteiger partial charge is 0.497 e. The molecule has 1 atom stereocenters. The molecule has 0 bridgehead atoms. The summed E-state index contributed by atoms with van der Waals surface area (Å²) in [6.45, 7) is 8.32. The number of carbonyl (C=O) groups excluding carboxylic acids is 1. The summed E-state index contributed by atoms with van der Waals surface area (Å²) >= 11 is 0. The Morgan fingerprint density at radius 3 is 2.38 bits per heavy atom. The molecule has 2 rings (SSSR count). The number of amides is 1. The van der Waals surface area contributed by atoms with E-state index in [0.717, 1.165) is 34.6 Å². The highest BCUT2D eigenvalue weighted by Crippen LogP contribution is 2.27. The summed E-state index contributed by atoms with van der Waals surface area (Å²) in [5, 5.41) is 3.05. The lowest BCUT2D eigenvalue weighted by molar-refractivity contribution is -0.123. The lowest BCUT2D eigenvalue weighted by Crippen LogP contribution is -2.32. The van der Waals surface area contributed by atoms with E-state index < -0.39 is 0 Å². The zero-order valence-electron chi connectivity index (χ0n) is 16.3. The van der Waals surface area contributed by atoms with Gasteiger partial charge in [0.1, 0.15) is 11.5 Å². The van der Waals surface area contributed by atoms with E-state index in [1.165, 1.54) is 0 Å². The predicted molar refractivity (Wildman–Crippen MR) is 105 cm³/mol. The SMILES string of the molecule is CC[C@H](NC(=O)COc1cc(C)ccc1C(C)C)c1ccc(OC)cc1. The van der Waals surface area contributed by atoms with Crippen LogP contribution >= 0.6 is 0 Å². The van der Waals surface area contributed by atoms with Crippen molar-refractivity contribution in [1.29, 1.82) is 0 Å². The van der Waals surface area contributed by atoms with Crippen LogP contribution in [0.2, 0.25) is 0 Å². The van der Waals surface area contributed by atoms with Gasteiger partial charge in [-0.2, -0.15) is 0 Å². The minimum atomic E-state index is -0.121. The highest BCUT2D eigenvalue weighted by Gasteiger charge is 2.15. The monoisotopic (exact) mass is 355 g/mol. The van der Waals surface area contributed by atoms with Crippen LogP contribution < -0.4 is 14.8 Å². The summed E-state index contributed by atoms with van der Waals surface area (Å²) in [4.78, 5) is 12.4. The molecule has 0 saturated heterocycles. The standard InChI is InChI=1S/C22H29NO3/c1-6-20(17-8-10-18(25-5)11-9-17)23-22(24)14-26-21-13-16(4)7-12-19(21)15(2)3/h7-13,15,20H,6,14H2,1-5H3,(H,23,24)/t20-/m0/s1. The van der Waals surface area contributed by atoms with Crippen LogP contribution in [0.15, 0.2) is 42.5 Å². The van der Waals surface area contributed by atoms with E-state index in [2.05, 4.69) is 31.3 Å². The highest BCUT2D eigenvalue weighted by molar-refractivity contribution is 5.78. The Morgan fingerprint density at radius 2 is 1.81 bits per heavy atom. The number of nitrogens with one attached hydrogen (secondary N) is 1. The zero-order valence-corrected chi connectivity index (χ0v) is 16.3. The molecular weight excluding hydrogens is 326 g/mol. The van der Waals surface area contributed by atoms with Gasteiger partial charge >= 0.3 is 0 Å². The molecule has 4 heteroatoms. The number of hydrogen-bond acceptors (Lipinski definition) is 3. The lowest BCUT2D eigenvalue weighted by Gasteiger charge is -2.19. The van der Waals surface area contributed by atoms with Crippen LogP contribution in [0.5, 0.6) is 11.5 Å². The molecular formula is C22H29NO3. The van der Waals surface area contributed by atoms with Gasteiger partial charge < -0.3 is 14.8 Å². The maximum atomic E-state index is 12.4. The van der Waals surface area contributed by atoms with E-state index in [0.29, 0.717) is 5.92 Å². The molecule has 1 amide bonds. The van der Waals surface area contributed by atoms with Crippen molar-refractivity contribution >= 4 is 5.91 Å². The van der Waals surface area contributed by atoms with E-state index in [4.69, 9.17) is 9.47 Å². The molecule has 0 spiro atoms. The quantitative estimate of drug-likeness (QED) is 0.742. The third-order valence-electron chi connectivity index (χ3n) is 4.41. The van der Waals surface area contributed by atoms with Gasteiger partial charge in [0.2, 0.25) is 0 Å². The van der Waals surface area contributed by atoms with Gasteiger partial charge in [0.25, 0.3) is 5.91 Å². The van der Waals surface area contributed by atoms with Crippen LogP contribution in [-0.4, -0.2) is 19.6 Å². The maximum Gasteiger partial charge on any atom is 0.258 e. The molecule has 1 N–H and O–H groups in total. The molecule has 26 heavy (non-hydrogen) atoms. The van der Waals surface area contributed by atoms with E-state index in [1.807, 2.05) is 44.2 Å². The van der Waals surface area contributed by atoms with Crippen molar-refractivity contribution in [2.24, 2.45) is 0 Å². The number of carbonyl (C=O) groups is 1. The van der Waals surface area contributed by atoms with Gasteiger partial charge in [0, 0.05) is 0 Å². The van der Waals surface area contributed by atoms with Crippen molar-refractivity contribution in [2.45, 2.75) is 46.1 Å². The summed E-state index contributed by atoms with van der Waals surface area (Å²) in [6, 6.07) is 13.8. The fourth-order valence-electron chi connectivity index (χ4n) is 2.88. The van der Waals surface area contributed by atoms with Crippen molar-refractivity contribution in [3.63, 3.8) is 0 Å². The molecule has 0 aliphatic heterocycles. The third kappa shape index (κ3) is 5.25. The van der Waals surface area contributed by atoms with Gasteiger partial charge in [-0.3, -0.25) is 4.79 Å². The van der Waals surface area contributed by atoms with Crippen LogP contribution in [0.1, 0.15) is 55.8 Å². The number of hydrogen-bond donors (Lipinski definition) is 1. The predicted octanol–water partition coefficient (Wildman–Crippen LogP) is 4.77. The molecule has 0 aliphatic carbocycles. The number of benzene rings is 2. The average molecular weight is 355 g/mol. The summed E-state index contributed by atoms with van der Waals surface area (Å²) in [6.07, 6.45) is 0.805. The molecule has 2 aromatic rings. The van der Waals surface area contributed by atoms with Crippen LogP contribution in [0.25, 0.3) is 0 Å². The Hall–Kier alpha value is -2.49. The van der Waals surface area contributed by atoms with Gasteiger partial charge in [-0.05, 0) is 54.2 Å². The maximum absolute atomic E-state index is 12.4. The minimum Gasteiger partial charge on any atom is -0.497 e. The number of ether oxygens (including phenoxy) is 2. The molecule has 2 aromatic carbocycles. The third-order valence-corrected chi connectivity index (χ3v) is 4.41. The zero-order chi connectivity index (χ0) is 19.1. The Labute approximate surface area is 156 Å². The fraction of sp³-hybridized carbons (Fsp3) is 0.409. The van der Waals surface area contributed by atoms with E-state index in [9.17, 15) is 4.79 Å². The highest BCUT2D eigenvalue weighted by atomic mass is 16.5. The first-order chi connectivity index (χ1) is 12.4. The van der Waals surface area contributed by atoms with Crippen LogP contribution in [0.4, 0.5) is 0 Å². The van der Waals surface area contributed by atoms with E-state index in [-0.39, 0.29) is 18.6 Å². The molecule has 0 saturated carbocycles. The second kappa shape index (κ2) is 9.27. The first-order valence-corrected chi connectivity index (χ1v) is 9.11. The summed E-state index contributed by atoms with van der Waals surface area (Å²) in [5.41, 5.74) is 3.29. The number of rotatable bonds is 8. The smallest absolute Gasteiger partial charge is 0.258 e. The van der Waals surface area contributed by atoms with Gasteiger partial charge in [0.05, 0.1) is 13.2 Å². The second-order valence-electron chi connectivity index (χ2n) is 6.79. The minimum absolute atomic E-state index is 0.00975. The van der Waals surface area contributed by atoms with Crippen molar-refractivity contribution in [1.82, 2.24) is 5.32 Å². The topological polar surface area (TPSA) is 47.6 Å². The van der Waals surface area contributed by atoms with Gasteiger partial charge in [0.15, 0.2) is 6.61 Å². The molecule has 0 radical (unpaired) electrons. The Morgan fingerprint density at radius 1 is 1.12 bits per heavy atom. The summed E-state index contributed by atoms with van der Waals surface area (Å²) in [5.74, 6) is 1.81. The Kier molecular flexibility index (Phi) is 7.07. The average Bonchev–Trinajstić information content (AvgIpc) is 2.64. The number of methoxy groups -OCH3 is 1. The summed E-state index contributed by atoms with van der Waals surface area (Å²) in [7, 11) is 1.64. The first-order valence-electron chi connectivity index (χ1n) is 9.11. The first kappa shape index (κ1) is 19.8. The Balaban J connectivity index is 2.00. The fourth-order valence-corrected chi connectivity index (χ4v) is 2.88. The normalized spacial score (nSPS) is 11.9. The lowest BCUT2D eigenvalue weighted by atomic mass is 10.0. The summed E-state index contributed by atoms with van der Waals surface area (Å²) < 4.78 is 11.0. The van der Waals surface area contributed by atoms with E-state index in [1.54, 1.807) is 7.11 Å². The second-order valence-corrected chi connectivity index (χ2v) is 6.79. The van der Waals surface area contributed by atoms with Crippen molar-refractivity contribution in [3.05, 3.63) is 59.2 Å². The van der Waals surface area contributed by atoms with Crippen LogP contribution in [0.3, 0.4) is 0 Å². The van der Waals surface area contributed by atoms with Gasteiger partial charge in [-0.25, -0.2) is 0 Å². The van der Waals surface area contributed by atoms with E-state index >= 15 is 0 Å². The Bertz CT molecular complexity index is 723. The van der Waals surface area contributed by atoms with Crippen molar-refractivity contribution in [3.8, 4) is 11.5 Å². The molecule has 0 unspecified atom stereocenters. The molecule has 0 heterocycles. The molecule has 0 fully saturated rings. The van der Waals surface area contributed by atoms with Crippen LogP contribution in [0, 0.1) is 6.92 Å². The van der Waals surface area contributed by atoms with Crippen molar-refractivity contribution < 1.29 is 14.3 Å². The van der Waals surface area contributed by atoms with Gasteiger partial charge in [-0.1, -0.05) is 45.0 Å². The van der Waals surface area contributed by atoms with Crippen molar-refractivity contribution in [2.75, 3.05) is 13.7 Å². The van der Waals surface area contributed by atoms with Gasteiger partial charge in [-0.15, -0.1) is 0 Å².